The molecule has 8 nitrogen and oxygen atoms in total. The fourth-order valence-electron chi connectivity index (χ4n) is 8.00. The second-order valence-electron chi connectivity index (χ2n) is 14.4. The van der Waals surface area contributed by atoms with Crippen LogP contribution >= 0.6 is 0 Å². The third-order valence-electron chi connectivity index (χ3n) is 10.9. The Hall–Kier alpha value is -6.10. The van der Waals surface area contributed by atoms with Gasteiger partial charge in [-0.3, -0.25) is 0 Å². The molecule has 2 aliphatic heterocycles. The zero-order valence-corrected chi connectivity index (χ0v) is 32.6. The summed E-state index contributed by atoms with van der Waals surface area (Å²) in [6.07, 6.45) is 0. The fraction of sp³-hybridized carbons (Fsp3) is 0.130. The summed E-state index contributed by atoms with van der Waals surface area (Å²) >= 11 is 0. The monoisotopic (exact) mass is 776 g/mol. The van der Waals surface area contributed by atoms with Crippen LogP contribution in [-0.4, -0.2) is 39.1 Å². The predicted octanol–water partition coefficient (Wildman–Crippen LogP) is 9.50. The van der Waals surface area contributed by atoms with Crippen LogP contribution in [-0.2, 0) is 20.0 Å². The summed E-state index contributed by atoms with van der Waals surface area (Å²) < 4.78 is 61.3. The number of aryl methyl sites for hydroxylation is 2. The third-order valence-corrected chi connectivity index (χ3v) is 14.4. The Morgan fingerprint density at radius 3 is 1.14 bits per heavy atom. The van der Waals surface area contributed by atoms with Crippen LogP contribution in [0.4, 0.5) is 11.6 Å². The zero-order valence-electron chi connectivity index (χ0n) is 31.0. The highest BCUT2D eigenvalue weighted by Gasteiger charge is 2.40. The first-order chi connectivity index (χ1) is 27.1. The smallest absolute Gasteiger partial charge is 0.265 e. The quantitative estimate of drug-likeness (QED) is 0.169. The van der Waals surface area contributed by atoms with E-state index in [0.29, 0.717) is 22.9 Å². The van der Waals surface area contributed by atoms with E-state index >= 15 is 0 Å². The molecule has 0 radical (unpaired) electrons. The van der Waals surface area contributed by atoms with E-state index in [2.05, 4.69) is 45.5 Å². The maximum Gasteiger partial charge on any atom is 0.265 e. The minimum Gasteiger partial charge on any atom is -0.317 e. The highest BCUT2D eigenvalue weighted by atomic mass is 32.2. The molecule has 0 aliphatic carbocycles. The highest BCUT2D eigenvalue weighted by Crippen LogP contribution is 2.43. The van der Waals surface area contributed by atoms with E-state index in [4.69, 9.17) is 0 Å². The minimum atomic E-state index is -3.64. The third kappa shape index (κ3) is 6.06. The number of sulfonamides is 2. The molecule has 0 spiro atoms. The first-order valence-electron chi connectivity index (χ1n) is 18.6. The molecule has 56 heavy (non-hydrogen) atoms. The number of benzene rings is 6. The SMILES string of the molecule is Cc1ccc(S(=O)(=O)N2C[C@H](c3ccccc3)n3c2cc2ccccc23)cc1.Cc1ccc(S(=O)(=O)N2C[C@H](c3ccccc3)n3c2cc2ccccc23)cc1. The van der Waals surface area contributed by atoms with Crippen molar-refractivity contribution >= 4 is 53.5 Å². The zero-order chi connectivity index (χ0) is 38.6. The van der Waals surface area contributed by atoms with Gasteiger partial charge in [-0.2, -0.15) is 0 Å². The van der Waals surface area contributed by atoms with Crippen LogP contribution in [0.3, 0.4) is 0 Å². The maximum absolute atomic E-state index is 13.5. The van der Waals surface area contributed by atoms with Gasteiger partial charge in [0.05, 0.1) is 46.0 Å². The summed E-state index contributed by atoms with van der Waals surface area (Å²) in [5.74, 6) is 1.44. The molecule has 0 saturated heterocycles. The van der Waals surface area contributed by atoms with E-state index in [1.165, 1.54) is 0 Å². The van der Waals surface area contributed by atoms with Crippen molar-refractivity contribution < 1.29 is 16.8 Å². The molecule has 10 rings (SSSR count). The molecular formula is C46H40N4O4S2. The molecule has 10 heteroatoms. The molecule has 2 aliphatic rings. The summed E-state index contributed by atoms with van der Waals surface area (Å²) in [6, 6.07) is 54.3. The number of fused-ring (bicyclic) bond motifs is 6. The van der Waals surface area contributed by atoms with E-state index in [-0.39, 0.29) is 12.1 Å². The fourth-order valence-corrected chi connectivity index (χ4v) is 10.9. The average Bonchev–Trinajstić information content (AvgIpc) is 3.99. The standard InChI is InChI=1S/2C23H20N2O2S/c2*1-17-11-13-20(14-12-17)28(26,27)24-16-22(18-7-3-2-4-8-18)25-21-10-6-5-9-19(21)15-23(24)25/h2*2-15,22H,16H2,1H3/t2*22-/m11/s1. The molecule has 2 aromatic heterocycles. The van der Waals surface area contributed by atoms with Crippen LogP contribution in [0.2, 0.25) is 0 Å². The van der Waals surface area contributed by atoms with E-state index in [0.717, 1.165) is 55.7 Å². The van der Waals surface area contributed by atoms with Gasteiger partial charge in [-0.05, 0) is 73.5 Å². The van der Waals surface area contributed by atoms with Crippen molar-refractivity contribution in [3.63, 3.8) is 0 Å². The van der Waals surface area contributed by atoms with Gasteiger partial charge in [0.25, 0.3) is 20.0 Å². The van der Waals surface area contributed by atoms with E-state index in [9.17, 15) is 16.8 Å². The molecule has 0 bridgehead atoms. The summed E-state index contributed by atoms with van der Waals surface area (Å²) in [7, 11) is -7.29. The van der Waals surface area contributed by atoms with Gasteiger partial charge in [-0.25, -0.2) is 25.4 Å². The molecule has 280 valence electrons. The normalized spacial score (nSPS) is 16.5. The first kappa shape index (κ1) is 35.6. The van der Waals surface area contributed by atoms with Gasteiger partial charge in [-0.15, -0.1) is 0 Å². The number of aromatic nitrogens is 2. The van der Waals surface area contributed by atoms with E-state index in [1.54, 1.807) is 32.9 Å². The van der Waals surface area contributed by atoms with Crippen LogP contribution in [0, 0.1) is 13.8 Å². The Balaban J connectivity index is 0.000000146. The van der Waals surface area contributed by atoms with Crippen molar-refractivity contribution in [2.75, 3.05) is 21.7 Å². The van der Waals surface area contributed by atoms with Gasteiger partial charge in [-0.1, -0.05) is 132 Å². The predicted molar refractivity (Wildman–Crippen MR) is 224 cm³/mol. The van der Waals surface area contributed by atoms with Gasteiger partial charge in [0.1, 0.15) is 11.6 Å². The molecule has 2 atom stereocenters. The lowest BCUT2D eigenvalue weighted by Gasteiger charge is -2.19. The molecule has 0 fully saturated rings. The molecular weight excluding hydrogens is 737 g/mol. The van der Waals surface area contributed by atoms with Crippen LogP contribution in [0.1, 0.15) is 34.3 Å². The van der Waals surface area contributed by atoms with Crippen molar-refractivity contribution in [1.82, 2.24) is 9.13 Å². The van der Waals surface area contributed by atoms with Crippen molar-refractivity contribution in [2.24, 2.45) is 0 Å². The van der Waals surface area contributed by atoms with Gasteiger partial charge in [0.2, 0.25) is 0 Å². The summed E-state index contributed by atoms with van der Waals surface area (Å²) in [5, 5.41) is 2.09. The first-order valence-corrected chi connectivity index (χ1v) is 21.5. The van der Waals surface area contributed by atoms with Crippen molar-refractivity contribution in [2.45, 2.75) is 35.7 Å². The van der Waals surface area contributed by atoms with Crippen molar-refractivity contribution in [3.8, 4) is 0 Å². The second kappa shape index (κ2) is 13.9. The molecule has 0 unspecified atom stereocenters. The Kier molecular flexibility index (Phi) is 8.82. The number of anilines is 2. The number of nitrogens with zero attached hydrogens (tertiary/aromatic N) is 4. The van der Waals surface area contributed by atoms with Gasteiger partial charge < -0.3 is 9.13 Å². The molecule has 6 aromatic carbocycles. The average molecular weight is 777 g/mol. The van der Waals surface area contributed by atoms with Crippen molar-refractivity contribution in [1.29, 1.82) is 0 Å². The Labute approximate surface area is 327 Å². The Bertz CT molecular complexity index is 2720. The Morgan fingerprint density at radius 1 is 0.429 bits per heavy atom. The maximum atomic E-state index is 13.5. The van der Waals surface area contributed by atoms with Crippen LogP contribution < -0.4 is 8.61 Å². The second-order valence-corrected chi connectivity index (χ2v) is 18.1. The number of hydrogen-bond donors (Lipinski definition) is 0. The molecule has 0 amide bonds. The van der Waals surface area contributed by atoms with Gasteiger partial charge in [0, 0.05) is 10.8 Å². The highest BCUT2D eigenvalue weighted by molar-refractivity contribution is 7.93. The lowest BCUT2D eigenvalue weighted by atomic mass is 10.1. The van der Waals surface area contributed by atoms with Gasteiger partial charge >= 0.3 is 0 Å². The summed E-state index contributed by atoms with van der Waals surface area (Å²) in [6.45, 7) is 4.69. The molecule has 0 saturated carbocycles. The topological polar surface area (TPSA) is 84.6 Å². The lowest BCUT2D eigenvalue weighted by Crippen LogP contribution is -2.30. The number of rotatable bonds is 6. The number of hydrogen-bond acceptors (Lipinski definition) is 4. The van der Waals surface area contributed by atoms with Gasteiger partial charge in [0.15, 0.2) is 0 Å². The lowest BCUT2D eigenvalue weighted by molar-refractivity contribution is 0.588. The minimum absolute atomic E-state index is 0.0590. The van der Waals surface area contributed by atoms with Crippen LogP contribution in [0.25, 0.3) is 21.8 Å². The molecule has 4 heterocycles. The van der Waals surface area contributed by atoms with Crippen LogP contribution in [0.5, 0.6) is 0 Å². The van der Waals surface area contributed by atoms with Crippen LogP contribution in [0.15, 0.2) is 180 Å². The molecule has 8 aromatic rings. The Morgan fingerprint density at radius 2 is 0.768 bits per heavy atom. The largest absolute Gasteiger partial charge is 0.317 e. The van der Waals surface area contributed by atoms with E-state index < -0.39 is 20.0 Å². The van der Waals surface area contributed by atoms with E-state index in [1.807, 2.05) is 123 Å². The summed E-state index contributed by atoms with van der Waals surface area (Å²) in [5.41, 5.74) is 6.38. The van der Waals surface area contributed by atoms with Crippen molar-refractivity contribution in [3.05, 3.63) is 192 Å². The number of para-hydroxylation sites is 2. The summed E-state index contributed by atoms with van der Waals surface area (Å²) in [4.78, 5) is 0.646. The molecule has 0 N–H and O–H groups in total.